The molecule has 0 radical (unpaired) electrons. The third-order valence-electron chi connectivity index (χ3n) is 3.80. The maximum Gasteiger partial charge on any atom is 0.323 e. The molecule has 0 atom stereocenters. The number of hydrogen-bond acceptors (Lipinski definition) is 4. The summed E-state index contributed by atoms with van der Waals surface area (Å²) in [5, 5.41) is 16.5. The third kappa shape index (κ3) is 4.86. The standard InChI is InChI=1S/C20H17N3O3S/c1-14-6-2-3-7-17(14)21-20(24)22-18-8-4-5-9-19(18)27-16-12-10-15(11-13-16)23(25)26/h2-13H,1H3,(H2,21,22,24). The molecule has 7 heteroatoms. The third-order valence-corrected chi connectivity index (χ3v) is 4.89. The van der Waals surface area contributed by atoms with Crippen LogP contribution in [0, 0.1) is 17.0 Å². The number of nitrogens with one attached hydrogen (secondary N) is 2. The highest BCUT2D eigenvalue weighted by Gasteiger charge is 2.10. The first-order chi connectivity index (χ1) is 13.0. The summed E-state index contributed by atoms with van der Waals surface area (Å²) in [6.07, 6.45) is 0. The zero-order valence-electron chi connectivity index (χ0n) is 14.5. The molecule has 2 amide bonds. The Hall–Kier alpha value is -3.32. The number of carbonyl (C=O) groups excluding carboxylic acids is 1. The van der Waals surface area contributed by atoms with Crippen molar-refractivity contribution < 1.29 is 9.72 Å². The molecule has 6 nitrogen and oxygen atoms in total. The fraction of sp³-hybridized carbons (Fsp3) is 0.0500. The number of aryl methyl sites for hydroxylation is 1. The molecule has 0 heterocycles. The predicted octanol–water partition coefficient (Wildman–Crippen LogP) is 5.70. The number of nitro benzene ring substituents is 1. The number of hydrogen-bond donors (Lipinski definition) is 2. The first-order valence-corrected chi connectivity index (χ1v) is 8.99. The molecule has 0 aromatic heterocycles. The van der Waals surface area contributed by atoms with Gasteiger partial charge in [-0.05, 0) is 42.8 Å². The van der Waals surface area contributed by atoms with Gasteiger partial charge in [-0.3, -0.25) is 10.1 Å². The predicted molar refractivity (Wildman–Crippen MR) is 107 cm³/mol. The summed E-state index contributed by atoms with van der Waals surface area (Å²) in [4.78, 5) is 24.4. The summed E-state index contributed by atoms with van der Waals surface area (Å²) in [7, 11) is 0. The number of nitro groups is 1. The molecule has 0 unspecified atom stereocenters. The van der Waals surface area contributed by atoms with Crippen molar-refractivity contribution in [2.75, 3.05) is 10.6 Å². The molecule has 3 aromatic carbocycles. The Morgan fingerprint density at radius 2 is 1.48 bits per heavy atom. The van der Waals surface area contributed by atoms with Gasteiger partial charge in [0.05, 0.1) is 10.6 Å². The summed E-state index contributed by atoms with van der Waals surface area (Å²) in [6, 6.07) is 20.9. The zero-order chi connectivity index (χ0) is 19.2. The largest absolute Gasteiger partial charge is 0.323 e. The fourth-order valence-electron chi connectivity index (χ4n) is 2.41. The van der Waals surface area contributed by atoms with Crippen molar-refractivity contribution in [3.63, 3.8) is 0 Å². The van der Waals surface area contributed by atoms with E-state index in [1.165, 1.54) is 23.9 Å². The number of rotatable bonds is 5. The van der Waals surface area contributed by atoms with Gasteiger partial charge >= 0.3 is 6.03 Å². The average Bonchev–Trinajstić information content (AvgIpc) is 2.66. The lowest BCUT2D eigenvalue weighted by Gasteiger charge is -2.12. The second-order valence-electron chi connectivity index (χ2n) is 5.74. The van der Waals surface area contributed by atoms with Crippen molar-refractivity contribution in [2.24, 2.45) is 0 Å². The van der Waals surface area contributed by atoms with Crippen molar-refractivity contribution in [1.29, 1.82) is 0 Å². The molecule has 0 aliphatic heterocycles. The highest BCUT2D eigenvalue weighted by Crippen LogP contribution is 2.34. The Labute approximate surface area is 160 Å². The van der Waals surface area contributed by atoms with E-state index in [9.17, 15) is 14.9 Å². The Balaban J connectivity index is 1.73. The summed E-state index contributed by atoms with van der Waals surface area (Å²) in [6.45, 7) is 1.92. The van der Waals surface area contributed by atoms with Gasteiger partial charge in [-0.1, -0.05) is 42.1 Å². The maximum atomic E-state index is 12.4. The monoisotopic (exact) mass is 379 g/mol. The van der Waals surface area contributed by atoms with E-state index in [0.29, 0.717) is 5.69 Å². The van der Waals surface area contributed by atoms with E-state index in [-0.39, 0.29) is 11.7 Å². The van der Waals surface area contributed by atoms with E-state index in [1.807, 2.05) is 55.5 Å². The number of carbonyl (C=O) groups is 1. The van der Waals surface area contributed by atoms with Gasteiger partial charge in [-0.2, -0.15) is 0 Å². The molecule has 0 spiro atoms. The van der Waals surface area contributed by atoms with Gasteiger partial charge in [0, 0.05) is 27.6 Å². The van der Waals surface area contributed by atoms with Gasteiger partial charge in [0.1, 0.15) is 0 Å². The van der Waals surface area contributed by atoms with Crippen molar-refractivity contribution in [3.05, 3.63) is 88.5 Å². The Bertz CT molecular complexity index is 974. The number of urea groups is 1. The SMILES string of the molecule is Cc1ccccc1NC(=O)Nc1ccccc1Sc1ccc([N+](=O)[O-])cc1. The van der Waals surface area contributed by atoms with E-state index >= 15 is 0 Å². The molecule has 0 saturated heterocycles. The van der Waals surface area contributed by atoms with E-state index in [2.05, 4.69) is 10.6 Å². The lowest BCUT2D eigenvalue weighted by Crippen LogP contribution is -2.20. The molecule has 3 rings (SSSR count). The van der Waals surface area contributed by atoms with Gasteiger partial charge in [0.15, 0.2) is 0 Å². The van der Waals surface area contributed by atoms with Crippen LogP contribution >= 0.6 is 11.8 Å². The minimum Gasteiger partial charge on any atom is -0.307 e. The molecule has 0 aliphatic carbocycles. The lowest BCUT2D eigenvalue weighted by atomic mass is 10.2. The molecule has 0 fully saturated rings. The number of nitrogens with zero attached hydrogens (tertiary/aromatic N) is 1. The van der Waals surface area contributed by atoms with E-state index < -0.39 is 4.92 Å². The first-order valence-electron chi connectivity index (χ1n) is 8.18. The number of anilines is 2. The summed E-state index contributed by atoms with van der Waals surface area (Å²) < 4.78 is 0. The minimum atomic E-state index is -0.431. The normalized spacial score (nSPS) is 10.3. The van der Waals surface area contributed by atoms with Crippen molar-refractivity contribution in [1.82, 2.24) is 0 Å². The van der Waals surface area contributed by atoms with Crippen LogP contribution in [0.25, 0.3) is 0 Å². The molecule has 136 valence electrons. The molecule has 2 N–H and O–H groups in total. The Kier molecular flexibility index (Phi) is 5.73. The van der Waals surface area contributed by atoms with Crippen LogP contribution in [0.1, 0.15) is 5.56 Å². The van der Waals surface area contributed by atoms with Crippen LogP contribution in [0.15, 0.2) is 82.6 Å². The molecule has 0 aliphatic rings. The van der Waals surface area contributed by atoms with Gasteiger partial charge < -0.3 is 10.6 Å². The zero-order valence-corrected chi connectivity index (χ0v) is 15.3. The Morgan fingerprint density at radius 1 is 0.889 bits per heavy atom. The second-order valence-corrected chi connectivity index (χ2v) is 6.86. The molecular formula is C20H17N3O3S. The van der Waals surface area contributed by atoms with Crippen LogP contribution < -0.4 is 10.6 Å². The molecule has 27 heavy (non-hydrogen) atoms. The van der Waals surface area contributed by atoms with Gasteiger partial charge in [0.25, 0.3) is 5.69 Å². The highest BCUT2D eigenvalue weighted by atomic mass is 32.2. The quantitative estimate of drug-likeness (QED) is 0.440. The average molecular weight is 379 g/mol. The fourth-order valence-corrected chi connectivity index (χ4v) is 3.31. The van der Waals surface area contributed by atoms with Crippen molar-refractivity contribution >= 4 is 34.9 Å². The first kappa shape index (κ1) is 18.5. The number of para-hydroxylation sites is 2. The summed E-state index contributed by atoms with van der Waals surface area (Å²) in [5.41, 5.74) is 2.42. The van der Waals surface area contributed by atoms with Crippen LogP contribution in [0.3, 0.4) is 0 Å². The number of non-ortho nitro benzene ring substituents is 1. The second kappa shape index (κ2) is 8.37. The maximum absolute atomic E-state index is 12.4. The molecule has 0 saturated carbocycles. The van der Waals surface area contributed by atoms with Crippen LogP contribution in [-0.2, 0) is 0 Å². The van der Waals surface area contributed by atoms with E-state index in [0.717, 1.165) is 21.0 Å². The number of amides is 2. The van der Waals surface area contributed by atoms with Crippen LogP contribution in [0.4, 0.5) is 21.9 Å². The van der Waals surface area contributed by atoms with Crippen molar-refractivity contribution in [3.8, 4) is 0 Å². The Morgan fingerprint density at radius 3 is 2.15 bits per heavy atom. The van der Waals surface area contributed by atoms with Crippen LogP contribution in [0.5, 0.6) is 0 Å². The van der Waals surface area contributed by atoms with Gasteiger partial charge in [0.2, 0.25) is 0 Å². The van der Waals surface area contributed by atoms with Crippen molar-refractivity contribution in [2.45, 2.75) is 16.7 Å². The topological polar surface area (TPSA) is 84.3 Å². The highest BCUT2D eigenvalue weighted by molar-refractivity contribution is 7.99. The van der Waals surface area contributed by atoms with E-state index in [1.54, 1.807) is 12.1 Å². The van der Waals surface area contributed by atoms with Crippen LogP contribution in [0.2, 0.25) is 0 Å². The van der Waals surface area contributed by atoms with Gasteiger partial charge in [-0.15, -0.1) is 0 Å². The van der Waals surface area contributed by atoms with Gasteiger partial charge in [-0.25, -0.2) is 4.79 Å². The summed E-state index contributed by atoms with van der Waals surface area (Å²) >= 11 is 1.42. The smallest absolute Gasteiger partial charge is 0.307 e. The van der Waals surface area contributed by atoms with E-state index in [4.69, 9.17) is 0 Å². The molecule has 0 bridgehead atoms. The lowest BCUT2D eigenvalue weighted by molar-refractivity contribution is -0.384. The minimum absolute atomic E-state index is 0.0448. The van der Waals surface area contributed by atoms with Crippen LogP contribution in [-0.4, -0.2) is 11.0 Å². The summed E-state index contributed by atoms with van der Waals surface area (Å²) in [5.74, 6) is 0. The number of benzene rings is 3. The molecular weight excluding hydrogens is 362 g/mol. The molecule has 3 aromatic rings.